The van der Waals surface area contributed by atoms with Crippen LogP contribution in [0.1, 0.15) is 44.9 Å². The fourth-order valence-corrected chi connectivity index (χ4v) is 2.47. The summed E-state index contributed by atoms with van der Waals surface area (Å²) in [6, 6.07) is 8.39. The zero-order valence-electron chi connectivity index (χ0n) is 12.3. The van der Waals surface area contributed by atoms with Crippen LogP contribution in [-0.4, -0.2) is 13.2 Å². The normalized spacial score (nSPS) is 20.5. The van der Waals surface area contributed by atoms with Crippen LogP contribution in [0.4, 0.5) is 0 Å². The molecule has 2 unspecified atom stereocenters. The number of rotatable bonds is 2. The molecular formula is C16H22N2O. The molecular weight excluding hydrogens is 236 g/mol. The number of ether oxygens (including phenoxy) is 1. The predicted octanol–water partition coefficient (Wildman–Crippen LogP) is 4.62. The molecule has 19 heavy (non-hydrogen) atoms. The number of methoxy groups -OCH3 is 1. The van der Waals surface area contributed by atoms with Gasteiger partial charge in [0.2, 0.25) is 0 Å². The maximum absolute atomic E-state index is 5.64. The molecule has 0 aliphatic carbocycles. The van der Waals surface area contributed by atoms with Crippen LogP contribution in [0.25, 0.3) is 6.08 Å². The average Bonchev–Trinajstić information content (AvgIpc) is 2.49. The summed E-state index contributed by atoms with van der Waals surface area (Å²) in [5.74, 6) is 0. The van der Waals surface area contributed by atoms with Crippen molar-refractivity contribution in [2.45, 2.75) is 39.8 Å². The zero-order chi connectivity index (χ0) is 14.0. The highest BCUT2D eigenvalue weighted by atomic mass is 16.5. The molecule has 3 heteroatoms. The van der Waals surface area contributed by atoms with E-state index < -0.39 is 0 Å². The summed E-state index contributed by atoms with van der Waals surface area (Å²) in [7, 11) is 1.73. The quantitative estimate of drug-likeness (QED) is 0.762. The van der Waals surface area contributed by atoms with Gasteiger partial charge < -0.3 is 4.74 Å². The highest BCUT2D eigenvalue weighted by Crippen LogP contribution is 2.34. The minimum Gasteiger partial charge on any atom is -0.375 e. The van der Waals surface area contributed by atoms with Gasteiger partial charge in [0.1, 0.15) is 6.10 Å². The molecule has 0 fully saturated rings. The fraction of sp³-hybridized carbons (Fsp3) is 0.500. The molecule has 0 bridgehead atoms. The third-order valence-electron chi connectivity index (χ3n) is 3.39. The van der Waals surface area contributed by atoms with Gasteiger partial charge in [-0.1, -0.05) is 45.0 Å². The van der Waals surface area contributed by atoms with E-state index in [1.807, 2.05) is 12.1 Å². The maximum Gasteiger partial charge on any atom is 0.106 e. The van der Waals surface area contributed by atoms with E-state index in [0.29, 0.717) is 0 Å². The van der Waals surface area contributed by atoms with Crippen molar-refractivity contribution < 1.29 is 4.74 Å². The van der Waals surface area contributed by atoms with Crippen molar-refractivity contribution in [3.8, 4) is 0 Å². The van der Waals surface area contributed by atoms with E-state index in [1.54, 1.807) is 7.11 Å². The smallest absolute Gasteiger partial charge is 0.106 e. The van der Waals surface area contributed by atoms with E-state index >= 15 is 0 Å². The van der Waals surface area contributed by atoms with Gasteiger partial charge in [0.25, 0.3) is 0 Å². The third kappa shape index (κ3) is 2.92. The standard InChI is InChI=1S/C16H22N2O/c1-11-13-9-7-6-8-12(13)10-14(18-17-11)15(19-5)16(2,3)4/h6-11,15H,1-5H3. The first-order valence-electron chi connectivity index (χ1n) is 6.67. The second kappa shape index (κ2) is 5.25. The molecule has 0 radical (unpaired) electrons. The van der Waals surface area contributed by atoms with E-state index in [0.717, 1.165) is 5.70 Å². The molecule has 0 saturated heterocycles. The molecule has 1 aromatic rings. The first kappa shape index (κ1) is 13.9. The van der Waals surface area contributed by atoms with Crippen LogP contribution in [-0.2, 0) is 4.74 Å². The lowest BCUT2D eigenvalue weighted by molar-refractivity contribution is 0.0438. The molecule has 1 aliphatic rings. The molecule has 1 aromatic carbocycles. The van der Waals surface area contributed by atoms with Crippen LogP contribution >= 0.6 is 0 Å². The maximum atomic E-state index is 5.64. The monoisotopic (exact) mass is 258 g/mol. The van der Waals surface area contributed by atoms with Crippen LogP contribution in [0.2, 0.25) is 0 Å². The van der Waals surface area contributed by atoms with Gasteiger partial charge in [-0.05, 0) is 29.5 Å². The van der Waals surface area contributed by atoms with Gasteiger partial charge in [-0.25, -0.2) is 0 Å². The molecule has 1 aliphatic heterocycles. The Morgan fingerprint density at radius 1 is 1.21 bits per heavy atom. The molecule has 3 nitrogen and oxygen atoms in total. The van der Waals surface area contributed by atoms with E-state index in [1.165, 1.54) is 11.1 Å². The van der Waals surface area contributed by atoms with E-state index in [9.17, 15) is 0 Å². The van der Waals surface area contributed by atoms with Crippen molar-refractivity contribution in [1.82, 2.24) is 0 Å². The number of nitrogens with zero attached hydrogens (tertiary/aromatic N) is 2. The number of hydrogen-bond acceptors (Lipinski definition) is 3. The summed E-state index contributed by atoms with van der Waals surface area (Å²) in [6.45, 7) is 8.52. The third-order valence-corrected chi connectivity index (χ3v) is 3.39. The van der Waals surface area contributed by atoms with Gasteiger partial charge in [0.15, 0.2) is 0 Å². The second-order valence-corrected chi connectivity index (χ2v) is 6.07. The van der Waals surface area contributed by atoms with Crippen LogP contribution in [0, 0.1) is 5.41 Å². The van der Waals surface area contributed by atoms with Crippen LogP contribution in [0.15, 0.2) is 40.2 Å². The van der Waals surface area contributed by atoms with Crippen molar-refractivity contribution in [3.63, 3.8) is 0 Å². The Balaban J connectivity index is 2.48. The first-order valence-corrected chi connectivity index (χ1v) is 6.67. The van der Waals surface area contributed by atoms with E-state index in [4.69, 9.17) is 4.74 Å². The molecule has 0 N–H and O–H groups in total. The lowest BCUT2D eigenvalue weighted by Gasteiger charge is -2.29. The minimum atomic E-state index is -0.0605. The second-order valence-electron chi connectivity index (χ2n) is 6.07. The van der Waals surface area contributed by atoms with Gasteiger partial charge in [0.05, 0.1) is 11.7 Å². The van der Waals surface area contributed by atoms with Gasteiger partial charge in [-0.2, -0.15) is 10.2 Å². The fourth-order valence-electron chi connectivity index (χ4n) is 2.47. The molecule has 2 rings (SSSR count). The molecule has 0 saturated carbocycles. The van der Waals surface area contributed by atoms with Crippen molar-refractivity contribution in [2.24, 2.45) is 15.6 Å². The van der Waals surface area contributed by atoms with Crippen LogP contribution < -0.4 is 0 Å². The number of fused-ring (bicyclic) bond motifs is 1. The molecule has 0 amide bonds. The van der Waals surface area contributed by atoms with E-state index in [2.05, 4.69) is 56.1 Å². The van der Waals surface area contributed by atoms with Crippen molar-refractivity contribution in [2.75, 3.05) is 7.11 Å². The summed E-state index contributed by atoms with van der Waals surface area (Å²) >= 11 is 0. The Morgan fingerprint density at radius 3 is 2.53 bits per heavy atom. The topological polar surface area (TPSA) is 34.0 Å². The van der Waals surface area contributed by atoms with E-state index in [-0.39, 0.29) is 17.6 Å². The average molecular weight is 258 g/mol. The Bertz CT molecular complexity index is 512. The van der Waals surface area contributed by atoms with Gasteiger partial charge in [-0.3, -0.25) is 0 Å². The Morgan fingerprint density at radius 2 is 1.89 bits per heavy atom. The lowest BCUT2D eigenvalue weighted by atomic mass is 9.86. The zero-order valence-corrected chi connectivity index (χ0v) is 12.3. The first-order chi connectivity index (χ1) is 8.93. The minimum absolute atomic E-state index is 0.0118. The van der Waals surface area contributed by atoms with Crippen molar-refractivity contribution in [1.29, 1.82) is 0 Å². The number of hydrogen-bond donors (Lipinski definition) is 0. The van der Waals surface area contributed by atoms with Gasteiger partial charge in [0, 0.05) is 7.11 Å². The molecule has 102 valence electrons. The Labute approximate surface area is 115 Å². The molecule has 0 aromatic heterocycles. The summed E-state index contributed by atoms with van der Waals surface area (Å²) < 4.78 is 5.64. The SMILES string of the molecule is COC(C1=Cc2ccccc2C(C)N=N1)C(C)(C)C. The van der Waals surface area contributed by atoms with Gasteiger partial charge in [-0.15, -0.1) is 0 Å². The largest absolute Gasteiger partial charge is 0.375 e. The number of azo groups is 1. The Kier molecular flexibility index (Phi) is 3.85. The lowest BCUT2D eigenvalue weighted by Crippen LogP contribution is -2.29. The summed E-state index contributed by atoms with van der Waals surface area (Å²) in [5, 5.41) is 8.82. The molecule has 2 atom stereocenters. The van der Waals surface area contributed by atoms with Gasteiger partial charge >= 0.3 is 0 Å². The number of benzene rings is 1. The van der Waals surface area contributed by atoms with Crippen molar-refractivity contribution in [3.05, 3.63) is 41.1 Å². The van der Waals surface area contributed by atoms with Crippen LogP contribution in [0.3, 0.4) is 0 Å². The summed E-state index contributed by atoms with van der Waals surface area (Å²) in [5.41, 5.74) is 3.28. The highest BCUT2D eigenvalue weighted by Gasteiger charge is 2.29. The van der Waals surface area contributed by atoms with Crippen LogP contribution in [0.5, 0.6) is 0 Å². The Hall–Kier alpha value is -1.48. The molecule has 1 heterocycles. The summed E-state index contributed by atoms with van der Waals surface area (Å²) in [6.07, 6.45) is 2.04. The van der Waals surface area contributed by atoms with Crippen molar-refractivity contribution >= 4 is 6.08 Å². The predicted molar refractivity (Wildman–Crippen MR) is 77.9 cm³/mol. The summed E-state index contributed by atoms with van der Waals surface area (Å²) in [4.78, 5) is 0. The molecule has 0 spiro atoms. The highest BCUT2D eigenvalue weighted by molar-refractivity contribution is 5.59.